The lowest BCUT2D eigenvalue weighted by atomic mass is 10.1. The average Bonchev–Trinajstić information content (AvgIpc) is 3.05. The van der Waals surface area contributed by atoms with Crippen LogP contribution in [0.15, 0.2) is 22.1 Å². The van der Waals surface area contributed by atoms with Gasteiger partial charge in [-0.1, -0.05) is 0 Å². The van der Waals surface area contributed by atoms with Gasteiger partial charge in [0.15, 0.2) is 0 Å². The highest BCUT2D eigenvalue weighted by molar-refractivity contribution is 14.1. The maximum atomic E-state index is 12.1. The van der Waals surface area contributed by atoms with E-state index >= 15 is 0 Å². The van der Waals surface area contributed by atoms with Gasteiger partial charge >= 0.3 is 6.03 Å². The molecule has 2 N–H and O–H groups in total. The van der Waals surface area contributed by atoms with Gasteiger partial charge in [-0.15, -0.1) is 11.3 Å². The van der Waals surface area contributed by atoms with Crippen LogP contribution in [0, 0.1) is 3.57 Å². The zero-order chi connectivity index (χ0) is 18.2. The molecule has 10 heteroatoms. The summed E-state index contributed by atoms with van der Waals surface area (Å²) in [5.41, 5.74) is -0.0455. The molecule has 3 amide bonds. The second-order valence-corrected chi connectivity index (χ2v) is 8.97. The lowest BCUT2D eigenvalue weighted by Crippen LogP contribution is -2.40. The van der Waals surface area contributed by atoms with Crippen LogP contribution in [-0.4, -0.2) is 45.4 Å². The number of thiophene rings is 1. The first-order valence-corrected chi connectivity index (χ1v) is 10.2. The summed E-state index contributed by atoms with van der Waals surface area (Å²) in [6, 6.07) is 1.68. The Bertz CT molecular complexity index is 841. The van der Waals surface area contributed by atoms with Crippen molar-refractivity contribution in [3.05, 3.63) is 25.7 Å². The van der Waals surface area contributed by atoms with E-state index in [9.17, 15) is 9.59 Å². The largest absolute Gasteiger partial charge is 0.352 e. The van der Waals surface area contributed by atoms with Crippen molar-refractivity contribution in [2.24, 2.45) is 0 Å². The number of carbonyl (C=O) groups is 2. The van der Waals surface area contributed by atoms with Gasteiger partial charge in [0, 0.05) is 28.2 Å². The van der Waals surface area contributed by atoms with Crippen LogP contribution in [0.4, 0.5) is 10.7 Å². The van der Waals surface area contributed by atoms with Crippen LogP contribution in [0.5, 0.6) is 0 Å². The molecule has 0 aromatic carbocycles. The fourth-order valence-corrected chi connectivity index (χ4v) is 4.57. The summed E-state index contributed by atoms with van der Waals surface area (Å²) < 4.78 is 1.96. The van der Waals surface area contributed by atoms with Crippen LogP contribution in [0.3, 0.4) is 0 Å². The SMILES string of the molecule is CC1(C)NC(=O)N(CCNc2ncc(Br)c(-c3cc(I)cs3)n2)C1=O. The maximum absolute atomic E-state index is 12.1. The lowest BCUT2D eigenvalue weighted by Gasteiger charge is -2.16. The minimum Gasteiger partial charge on any atom is -0.352 e. The quantitative estimate of drug-likeness (QED) is 0.453. The van der Waals surface area contributed by atoms with Crippen molar-refractivity contribution in [2.45, 2.75) is 19.4 Å². The highest BCUT2D eigenvalue weighted by Gasteiger charge is 2.43. The molecule has 0 spiro atoms. The van der Waals surface area contributed by atoms with E-state index in [2.05, 4.69) is 70.6 Å². The number of amides is 3. The maximum Gasteiger partial charge on any atom is 0.325 e. The Morgan fingerprint density at radius 3 is 2.80 bits per heavy atom. The molecule has 1 aliphatic rings. The molecule has 0 saturated carbocycles. The highest BCUT2D eigenvalue weighted by atomic mass is 127. The number of carbonyl (C=O) groups excluding carboxylic acids is 2. The molecule has 0 bridgehead atoms. The lowest BCUT2D eigenvalue weighted by molar-refractivity contribution is -0.130. The number of anilines is 1. The summed E-state index contributed by atoms with van der Waals surface area (Å²) in [6.45, 7) is 4.00. The van der Waals surface area contributed by atoms with E-state index in [1.807, 2.05) is 0 Å². The van der Waals surface area contributed by atoms with Crippen LogP contribution in [0.1, 0.15) is 13.8 Å². The molecule has 132 valence electrons. The van der Waals surface area contributed by atoms with Crippen LogP contribution in [0.2, 0.25) is 0 Å². The highest BCUT2D eigenvalue weighted by Crippen LogP contribution is 2.32. The van der Waals surface area contributed by atoms with Gasteiger partial charge in [-0.05, 0) is 58.4 Å². The van der Waals surface area contributed by atoms with Gasteiger partial charge in [-0.25, -0.2) is 14.8 Å². The Kier molecular flexibility index (Phi) is 5.30. The molecule has 3 rings (SSSR count). The third kappa shape index (κ3) is 3.95. The van der Waals surface area contributed by atoms with E-state index in [1.54, 1.807) is 31.4 Å². The molecular formula is C15H15BrIN5O2S. The van der Waals surface area contributed by atoms with Crippen molar-refractivity contribution in [3.63, 3.8) is 0 Å². The minimum absolute atomic E-state index is 0.232. The molecule has 2 aromatic rings. The molecule has 1 saturated heterocycles. The molecule has 3 heterocycles. The number of halogens is 2. The number of urea groups is 1. The van der Waals surface area contributed by atoms with Gasteiger partial charge in [0.25, 0.3) is 5.91 Å². The smallest absolute Gasteiger partial charge is 0.325 e. The number of aromatic nitrogens is 2. The molecule has 0 unspecified atom stereocenters. The molecule has 1 fully saturated rings. The summed E-state index contributed by atoms with van der Waals surface area (Å²) >= 11 is 7.34. The van der Waals surface area contributed by atoms with Crippen molar-refractivity contribution in [3.8, 4) is 10.6 Å². The monoisotopic (exact) mass is 535 g/mol. The zero-order valence-electron chi connectivity index (χ0n) is 13.5. The normalized spacial score (nSPS) is 16.2. The first-order valence-electron chi connectivity index (χ1n) is 7.43. The summed E-state index contributed by atoms with van der Waals surface area (Å²) in [4.78, 5) is 35.0. The van der Waals surface area contributed by atoms with Crippen LogP contribution >= 0.6 is 49.9 Å². The van der Waals surface area contributed by atoms with Gasteiger partial charge in [-0.2, -0.15) is 0 Å². The second kappa shape index (κ2) is 7.16. The standard InChI is InChI=1S/C15H15BrIN5O2S/c1-15(2)12(23)22(14(24)21-15)4-3-18-13-19-6-9(16)11(20-13)10-5-8(17)7-25-10/h5-7H,3-4H2,1-2H3,(H,21,24)(H,18,19,20). The predicted octanol–water partition coefficient (Wildman–Crippen LogP) is 3.31. The molecule has 2 aromatic heterocycles. The zero-order valence-corrected chi connectivity index (χ0v) is 18.0. The fourth-order valence-electron chi connectivity index (χ4n) is 2.36. The van der Waals surface area contributed by atoms with Crippen LogP contribution in [-0.2, 0) is 4.79 Å². The van der Waals surface area contributed by atoms with Crippen molar-refractivity contribution in [2.75, 3.05) is 18.4 Å². The Hall–Kier alpha value is -1.27. The number of hydrogen-bond donors (Lipinski definition) is 2. The first-order chi connectivity index (χ1) is 11.8. The van der Waals surface area contributed by atoms with E-state index in [0.29, 0.717) is 12.5 Å². The third-order valence-electron chi connectivity index (χ3n) is 3.61. The average molecular weight is 536 g/mol. The number of rotatable bonds is 5. The van der Waals surface area contributed by atoms with Crippen molar-refractivity contribution >= 4 is 67.7 Å². The fraction of sp³-hybridized carbons (Fsp3) is 0.333. The first kappa shape index (κ1) is 18.5. The van der Waals surface area contributed by atoms with Crippen LogP contribution < -0.4 is 10.6 Å². The van der Waals surface area contributed by atoms with Crippen molar-refractivity contribution < 1.29 is 9.59 Å². The van der Waals surface area contributed by atoms with E-state index in [4.69, 9.17) is 0 Å². The molecule has 0 atom stereocenters. The third-order valence-corrected chi connectivity index (χ3v) is 6.17. The molecule has 25 heavy (non-hydrogen) atoms. The predicted molar refractivity (Wildman–Crippen MR) is 109 cm³/mol. The van der Waals surface area contributed by atoms with Crippen LogP contribution in [0.25, 0.3) is 10.6 Å². The summed E-state index contributed by atoms with van der Waals surface area (Å²) in [5.74, 6) is 0.220. The summed E-state index contributed by atoms with van der Waals surface area (Å²) in [7, 11) is 0. The van der Waals surface area contributed by atoms with E-state index < -0.39 is 5.54 Å². The second-order valence-electron chi connectivity index (χ2n) is 5.96. The number of nitrogens with zero attached hydrogens (tertiary/aromatic N) is 3. The minimum atomic E-state index is -0.853. The number of nitrogens with one attached hydrogen (secondary N) is 2. The van der Waals surface area contributed by atoms with Gasteiger partial charge < -0.3 is 10.6 Å². The molecule has 0 aliphatic carbocycles. The summed E-state index contributed by atoms with van der Waals surface area (Å²) in [5, 5.41) is 7.78. The van der Waals surface area contributed by atoms with Crippen molar-refractivity contribution in [1.82, 2.24) is 20.2 Å². The molecule has 0 radical (unpaired) electrons. The van der Waals surface area contributed by atoms with Gasteiger partial charge in [0.2, 0.25) is 5.95 Å². The van der Waals surface area contributed by atoms with Gasteiger partial charge in [0.1, 0.15) is 11.2 Å². The Morgan fingerprint density at radius 2 is 2.20 bits per heavy atom. The summed E-state index contributed by atoms with van der Waals surface area (Å²) in [6.07, 6.45) is 1.69. The van der Waals surface area contributed by atoms with Crippen molar-refractivity contribution in [1.29, 1.82) is 0 Å². The van der Waals surface area contributed by atoms with E-state index in [0.717, 1.165) is 18.6 Å². The van der Waals surface area contributed by atoms with Gasteiger partial charge in [0.05, 0.1) is 9.35 Å². The topological polar surface area (TPSA) is 87.2 Å². The Balaban J connectivity index is 1.66. The van der Waals surface area contributed by atoms with E-state index in [-0.39, 0.29) is 18.5 Å². The number of imide groups is 1. The molecule has 1 aliphatic heterocycles. The van der Waals surface area contributed by atoms with E-state index in [1.165, 1.54) is 4.90 Å². The Morgan fingerprint density at radius 1 is 1.44 bits per heavy atom. The Labute approximate surface area is 170 Å². The molecule has 7 nitrogen and oxygen atoms in total. The molecular weight excluding hydrogens is 521 g/mol. The van der Waals surface area contributed by atoms with Gasteiger partial charge in [-0.3, -0.25) is 9.69 Å². The number of hydrogen-bond acceptors (Lipinski definition) is 6.